The van der Waals surface area contributed by atoms with E-state index in [9.17, 15) is 4.79 Å². The van der Waals surface area contributed by atoms with Crippen LogP contribution in [-0.4, -0.2) is 12.9 Å². The first-order valence-electron chi connectivity index (χ1n) is 6.88. The van der Waals surface area contributed by atoms with Gasteiger partial charge in [-0.3, -0.25) is 4.79 Å². The maximum atomic E-state index is 11.9. The predicted molar refractivity (Wildman–Crippen MR) is 85.9 cm³/mol. The van der Waals surface area contributed by atoms with Gasteiger partial charge in [-0.25, -0.2) is 0 Å². The van der Waals surface area contributed by atoms with Crippen LogP contribution in [-0.2, 0) is 0 Å². The number of Topliss-reactive ketones (excluding diaryl/α,β-unsaturated/α-hetero) is 1. The Kier molecular flexibility index (Phi) is 3.44. The van der Waals surface area contributed by atoms with E-state index < -0.39 is 0 Å². The molecular weight excluding hydrogens is 260 g/mol. The van der Waals surface area contributed by atoms with Gasteiger partial charge in [0.25, 0.3) is 0 Å². The standard InChI is InChI=1S/C19H16O2/c1-13(20)14-7-3-4-8-15(14)17-11-12-19(21-2)18-10-6-5-9-16(17)18/h3-12H,1-2H3. The summed E-state index contributed by atoms with van der Waals surface area (Å²) in [4.78, 5) is 11.9. The highest BCUT2D eigenvalue weighted by atomic mass is 16.5. The summed E-state index contributed by atoms with van der Waals surface area (Å²) in [5.41, 5.74) is 2.76. The highest BCUT2D eigenvalue weighted by molar-refractivity contribution is 6.07. The zero-order chi connectivity index (χ0) is 14.8. The summed E-state index contributed by atoms with van der Waals surface area (Å²) in [6, 6.07) is 19.8. The molecule has 0 heterocycles. The Morgan fingerprint density at radius 3 is 2.19 bits per heavy atom. The number of rotatable bonds is 3. The van der Waals surface area contributed by atoms with Crippen molar-refractivity contribution in [2.75, 3.05) is 7.11 Å². The van der Waals surface area contributed by atoms with Crippen molar-refractivity contribution >= 4 is 16.6 Å². The molecule has 3 aromatic carbocycles. The van der Waals surface area contributed by atoms with Crippen molar-refractivity contribution in [3.8, 4) is 16.9 Å². The lowest BCUT2D eigenvalue weighted by atomic mass is 9.93. The van der Waals surface area contributed by atoms with Gasteiger partial charge in [-0.15, -0.1) is 0 Å². The molecule has 3 aromatic rings. The third-order valence-electron chi connectivity index (χ3n) is 3.70. The Morgan fingerprint density at radius 1 is 0.810 bits per heavy atom. The van der Waals surface area contributed by atoms with Crippen LogP contribution in [0.5, 0.6) is 5.75 Å². The number of ketones is 1. The summed E-state index contributed by atoms with van der Waals surface area (Å²) < 4.78 is 5.43. The van der Waals surface area contributed by atoms with Crippen molar-refractivity contribution < 1.29 is 9.53 Å². The topological polar surface area (TPSA) is 26.3 Å². The Labute approximate surface area is 124 Å². The van der Waals surface area contributed by atoms with Gasteiger partial charge >= 0.3 is 0 Å². The van der Waals surface area contributed by atoms with E-state index in [1.54, 1.807) is 14.0 Å². The number of fused-ring (bicyclic) bond motifs is 1. The fourth-order valence-corrected chi connectivity index (χ4v) is 2.71. The molecule has 0 aliphatic rings. The molecule has 0 amide bonds. The van der Waals surface area contributed by atoms with Crippen LogP contribution in [0.25, 0.3) is 21.9 Å². The highest BCUT2D eigenvalue weighted by Gasteiger charge is 2.12. The number of benzene rings is 3. The molecule has 0 bridgehead atoms. The molecule has 0 aliphatic carbocycles. The first-order chi connectivity index (χ1) is 10.2. The van der Waals surface area contributed by atoms with Gasteiger partial charge in [0.05, 0.1) is 7.11 Å². The van der Waals surface area contributed by atoms with E-state index in [0.717, 1.165) is 33.2 Å². The van der Waals surface area contributed by atoms with Gasteiger partial charge in [0.1, 0.15) is 5.75 Å². The number of hydrogen-bond acceptors (Lipinski definition) is 2. The smallest absolute Gasteiger partial charge is 0.160 e. The number of ether oxygens (including phenoxy) is 1. The molecule has 3 rings (SSSR count). The second-order valence-electron chi connectivity index (χ2n) is 4.96. The molecule has 2 nitrogen and oxygen atoms in total. The predicted octanol–water partition coefficient (Wildman–Crippen LogP) is 4.72. The molecule has 0 unspecified atom stereocenters. The average molecular weight is 276 g/mol. The van der Waals surface area contributed by atoms with Crippen LogP contribution in [0.2, 0.25) is 0 Å². The number of hydrogen-bond donors (Lipinski definition) is 0. The minimum atomic E-state index is 0.0745. The van der Waals surface area contributed by atoms with Gasteiger partial charge < -0.3 is 4.74 Å². The molecule has 0 spiro atoms. The quantitative estimate of drug-likeness (QED) is 0.647. The molecule has 0 saturated carbocycles. The maximum Gasteiger partial charge on any atom is 0.160 e. The van der Waals surface area contributed by atoms with Crippen molar-refractivity contribution in [2.45, 2.75) is 6.92 Å². The lowest BCUT2D eigenvalue weighted by molar-refractivity contribution is 0.101. The van der Waals surface area contributed by atoms with Gasteiger partial charge in [0, 0.05) is 10.9 Å². The van der Waals surface area contributed by atoms with E-state index in [0.29, 0.717) is 0 Å². The van der Waals surface area contributed by atoms with Gasteiger partial charge in [0.15, 0.2) is 5.78 Å². The molecular formula is C19H16O2. The summed E-state index contributed by atoms with van der Waals surface area (Å²) in [5.74, 6) is 0.917. The number of carbonyl (C=O) groups is 1. The Hall–Kier alpha value is -2.61. The SMILES string of the molecule is COc1ccc(-c2ccccc2C(C)=O)c2ccccc12. The van der Waals surface area contributed by atoms with Crippen molar-refractivity contribution in [3.63, 3.8) is 0 Å². The summed E-state index contributed by atoms with van der Waals surface area (Å²) in [5, 5.41) is 2.14. The zero-order valence-corrected chi connectivity index (χ0v) is 12.1. The number of carbonyl (C=O) groups excluding carboxylic acids is 1. The van der Waals surface area contributed by atoms with E-state index in [4.69, 9.17) is 4.74 Å². The van der Waals surface area contributed by atoms with Gasteiger partial charge in [-0.05, 0) is 29.5 Å². The molecule has 21 heavy (non-hydrogen) atoms. The minimum Gasteiger partial charge on any atom is -0.496 e. The fraction of sp³-hybridized carbons (Fsp3) is 0.105. The lowest BCUT2D eigenvalue weighted by Gasteiger charge is -2.13. The largest absolute Gasteiger partial charge is 0.496 e. The normalized spacial score (nSPS) is 10.6. The summed E-state index contributed by atoms with van der Waals surface area (Å²) in [6.45, 7) is 1.60. The Bertz CT molecular complexity index is 819. The average Bonchev–Trinajstić information content (AvgIpc) is 2.53. The summed E-state index contributed by atoms with van der Waals surface area (Å²) in [6.07, 6.45) is 0. The molecule has 0 N–H and O–H groups in total. The van der Waals surface area contributed by atoms with Crippen LogP contribution < -0.4 is 4.74 Å². The van der Waals surface area contributed by atoms with Crippen LogP contribution in [0.4, 0.5) is 0 Å². The molecule has 0 aliphatic heterocycles. The molecule has 0 atom stereocenters. The van der Waals surface area contributed by atoms with Gasteiger partial charge in [-0.2, -0.15) is 0 Å². The molecule has 0 aromatic heterocycles. The zero-order valence-electron chi connectivity index (χ0n) is 12.1. The maximum absolute atomic E-state index is 11.9. The highest BCUT2D eigenvalue weighted by Crippen LogP contribution is 2.35. The van der Waals surface area contributed by atoms with Crippen LogP contribution in [0.1, 0.15) is 17.3 Å². The van der Waals surface area contributed by atoms with Crippen molar-refractivity contribution in [1.29, 1.82) is 0 Å². The van der Waals surface area contributed by atoms with Gasteiger partial charge in [-0.1, -0.05) is 54.6 Å². The molecule has 2 heteroatoms. The molecule has 0 saturated heterocycles. The Balaban J connectivity index is 2.35. The number of methoxy groups -OCH3 is 1. The van der Waals surface area contributed by atoms with E-state index >= 15 is 0 Å². The van der Waals surface area contributed by atoms with Crippen molar-refractivity contribution in [3.05, 3.63) is 66.2 Å². The third kappa shape index (κ3) is 2.29. The first kappa shape index (κ1) is 13.4. The molecule has 104 valence electrons. The first-order valence-corrected chi connectivity index (χ1v) is 6.88. The summed E-state index contributed by atoms with van der Waals surface area (Å²) in [7, 11) is 1.67. The fourth-order valence-electron chi connectivity index (χ4n) is 2.71. The van der Waals surface area contributed by atoms with E-state index in [-0.39, 0.29) is 5.78 Å². The molecule has 0 radical (unpaired) electrons. The van der Waals surface area contributed by atoms with Crippen molar-refractivity contribution in [1.82, 2.24) is 0 Å². The Morgan fingerprint density at radius 2 is 1.48 bits per heavy atom. The van der Waals surface area contributed by atoms with E-state index in [1.807, 2.05) is 54.6 Å². The lowest BCUT2D eigenvalue weighted by Crippen LogP contribution is -1.96. The van der Waals surface area contributed by atoms with E-state index in [1.165, 1.54) is 0 Å². The van der Waals surface area contributed by atoms with Crippen LogP contribution in [0.15, 0.2) is 60.7 Å². The third-order valence-corrected chi connectivity index (χ3v) is 3.70. The minimum absolute atomic E-state index is 0.0745. The van der Waals surface area contributed by atoms with Crippen molar-refractivity contribution in [2.24, 2.45) is 0 Å². The van der Waals surface area contributed by atoms with Crippen LogP contribution in [0.3, 0.4) is 0 Å². The van der Waals surface area contributed by atoms with E-state index in [2.05, 4.69) is 6.07 Å². The monoisotopic (exact) mass is 276 g/mol. The summed E-state index contributed by atoms with van der Waals surface area (Å²) >= 11 is 0. The van der Waals surface area contributed by atoms with Gasteiger partial charge in [0.2, 0.25) is 0 Å². The van der Waals surface area contributed by atoms with Crippen LogP contribution >= 0.6 is 0 Å². The second kappa shape index (κ2) is 5.41. The van der Waals surface area contributed by atoms with Crippen LogP contribution in [0, 0.1) is 0 Å². The molecule has 0 fully saturated rings. The second-order valence-corrected chi connectivity index (χ2v) is 4.96.